The highest BCUT2D eigenvalue weighted by Gasteiger charge is 2.19. The van der Waals surface area contributed by atoms with E-state index in [4.69, 9.17) is 16.3 Å². The number of alkyl halides is 1. The van der Waals surface area contributed by atoms with Gasteiger partial charge in [-0.05, 0) is 17.7 Å². The summed E-state index contributed by atoms with van der Waals surface area (Å²) in [4.78, 5) is 13.3. The molecule has 0 saturated carbocycles. The molecule has 0 spiro atoms. The quantitative estimate of drug-likeness (QED) is 0.719. The Bertz CT molecular complexity index is 350. The molecule has 1 aliphatic heterocycles. The second-order valence-electron chi connectivity index (χ2n) is 3.40. The van der Waals surface area contributed by atoms with Gasteiger partial charge in [0.05, 0.1) is 6.61 Å². The standard InChI is InChI=1S/C11H12ClNO2/c12-7-9-1-3-10(4-2-9)13-5-6-15-8-11(13)14/h1-4H,5-8H2. The second-order valence-corrected chi connectivity index (χ2v) is 3.67. The SMILES string of the molecule is O=C1COCCN1c1ccc(CCl)cc1. The molecule has 0 N–H and O–H groups in total. The number of hydrogen-bond donors (Lipinski definition) is 0. The molecule has 0 unspecified atom stereocenters. The van der Waals surface area contributed by atoms with E-state index in [9.17, 15) is 4.79 Å². The first-order chi connectivity index (χ1) is 7.31. The van der Waals surface area contributed by atoms with Crippen molar-refractivity contribution in [1.29, 1.82) is 0 Å². The fraction of sp³-hybridized carbons (Fsp3) is 0.364. The summed E-state index contributed by atoms with van der Waals surface area (Å²) in [6.07, 6.45) is 0. The maximum atomic E-state index is 11.5. The largest absolute Gasteiger partial charge is 0.370 e. The summed E-state index contributed by atoms with van der Waals surface area (Å²) in [5.41, 5.74) is 1.97. The Balaban J connectivity index is 2.17. The van der Waals surface area contributed by atoms with Gasteiger partial charge in [0.1, 0.15) is 6.61 Å². The van der Waals surface area contributed by atoms with E-state index >= 15 is 0 Å². The van der Waals surface area contributed by atoms with Crippen LogP contribution in [0.2, 0.25) is 0 Å². The van der Waals surface area contributed by atoms with Gasteiger partial charge in [-0.25, -0.2) is 0 Å². The highest BCUT2D eigenvalue weighted by Crippen LogP contribution is 2.17. The van der Waals surface area contributed by atoms with Crippen LogP contribution >= 0.6 is 11.6 Å². The lowest BCUT2D eigenvalue weighted by Gasteiger charge is -2.26. The fourth-order valence-electron chi connectivity index (χ4n) is 1.56. The minimum atomic E-state index is 0.0138. The molecular formula is C11H12ClNO2. The van der Waals surface area contributed by atoms with Crippen molar-refractivity contribution in [3.63, 3.8) is 0 Å². The minimum absolute atomic E-state index is 0.0138. The Hall–Kier alpha value is -1.06. The Kier molecular flexibility index (Phi) is 3.23. The summed E-state index contributed by atoms with van der Waals surface area (Å²) < 4.78 is 5.07. The van der Waals surface area contributed by atoms with Crippen molar-refractivity contribution in [1.82, 2.24) is 0 Å². The third-order valence-corrected chi connectivity index (χ3v) is 2.70. The predicted molar refractivity (Wildman–Crippen MR) is 59.2 cm³/mol. The van der Waals surface area contributed by atoms with Crippen LogP contribution in [-0.2, 0) is 15.4 Å². The normalized spacial score (nSPS) is 16.9. The van der Waals surface area contributed by atoms with E-state index in [2.05, 4.69) is 0 Å². The molecule has 1 fully saturated rings. The van der Waals surface area contributed by atoms with Crippen molar-refractivity contribution in [2.75, 3.05) is 24.7 Å². The highest BCUT2D eigenvalue weighted by atomic mass is 35.5. The minimum Gasteiger partial charge on any atom is -0.370 e. The van der Waals surface area contributed by atoms with Crippen LogP contribution in [0.15, 0.2) is 24.3 Å². The van der Waals surface area contributed by atoms with E-state index in [0.717, 1.165) is 11.3 Å². The molecule has 1 aromatic rings. The van der Waals surface area contributed by atoms with E-state index < -0.39 is 0 Å². The molecule has 15 heavy (non-hydrogen) atoms. The van der Waals surface area contributed by atoms with Crippen LogP contribution < -0.4 is 4.90 Å². The Labute approximate surface area is 93.6 Å². The number of nitrogens with zero attached hydrogens (tertiary/aromatic N) is 1. The van der Waals surface area contributed by atoms with Gasteiger partial charge in [-0.3, -0.25) is 4.79 Å². The molecule has 0 aromatic heterocycles. The molecule has 80 valence electrons. The van der Waals surface area contributed by atoms with Gasteiger partial charge in [0, 0.05) is 18.1 Å². The lowest BCUT2D eigenvalue weighted by atomic mass is 10.2. The highest BCUT2D eigenvalue weighted by molar-refractivity contribution is 6.17. The average Bonchev–Trinajstić information content (AvgIpc) is 2.30. The van der Waals surface area contributed by atoms with Gasteiger partial charge in [-0.2, -0.15) is 0 Å². The van der Waals surface area contributed by atoms with Crippen molar-refractivity contribution < 1.29 is 9.53 Å². The molecule has 1 heterocycles. The third kappa shape index (κ3) is 2.30. The molecule has 1 saturated heterocycles. The number of morpholine rings is 1. The van der Waals surface area contributed by atoms with E-state index in [0.29, 0.717) is 19.0 Å². The molecule has 1 aliphatic rings. The van der Waals surface area contributed by atoms with Gasteiger partial charge in [0.25, 0.3) is 5.91 Å². The van der Waals surface area contributed by atoms with Gasteiger partial charge in [0.15, 0.2) is 0 Å². The van der Waals surface area contributed by atoms with E-state index in [1.54, 1.807) is 4.90 Å². The van der Waals surface area contributed by atoms with Gasteiger partial charge in [-0.1, -0.05) is 12.1 Å². The van der Waals surface area contributed by atoms with Gasteiger partial charge < -0.3 is 9.64 Å². The van der Waals surface area contributed by atoms with Gasteiger partial charge in [0.2, 0.25) is 0 Å². The van der Waals surface area contributed by atoms with Crippen LogP contribution in [0.4, 0.5) is 5.69 Å². The van der Waals surface area contributed by atoms with Gasteiger partial charge >= 0.3 is 0 Å². The lowest BCUT2D eigenvalue weighted by molar-refractivity contribution is -0.125. The Morgan fingerprint density at radius 2 is 2.07 bits per heavy atom. The first kappa shape index (κ1) is 10.5. The molecule has 4 heteroatoms. The zero-order valence-corrected chi connectivity index (χ0v) is 9.04. The van der Waals surface area contributed by atoms with Crippen molar-refractivity contribution in [3.05, 3.63) is 29.8 Å². The Morgan fingerprint density at radius 1 is 1.33 bits per heavy atom. The van der Waals surface area contributed by atoms with Crippen molar-refractivity contribution in [3.8, 4) is 0 Å². The summed E-state index contributed by atoms with van der Waals surface area (Å²) in [6, 6.07) is 7.71. The van der Waals surface area contributed by atoms with Crippen LogP contribution in [-0.4, -0.2) is 25.7 Å². The lowest BCUT2D eigenvalue weighted by Crippen LogP contribution is -2.41. The number of hydrogen-bond acceptors (Lipinski definition) is 2. The molecular weight excluding hydrogens is 214 g/mol. The summed E-state index contributed by atoms with van der Waals surface area (Å²) >= 11 is 5.69. The summed E-state index contributed by atoms with van der Waals surface area (Å²) in [5.74, 6) is 0.511. The van der Waals surface area contributed by atoms with Gasteiger partial charge in [-0.15, -0.1) is 11.6 Å². The third-order valence-electron chi connectivity index (χ3n) is 2.39. The van der Waals surface area contributed by atoms with Crippen LogP contribution in [0.3, 0.4) is 0 Å². The van der Waals surface area contributed by atoms with Crippen molar-refractivity contribution in [2.45, 2.75) is 5.88 Å². The van der Waals surface area contributed by atoms with Crippen LogP contribution in [0.5, 0.6) is 0 Å². The molecule has 0 atom stereocenters. The average molecular weight is 226 g/mol. The molecule has 0 aliphatic carbocycles. The first-order valence-corrected chi connectivity index (χ1v) is 5.38. The fourth-order valence-corrected chi connectivity index (χ4v) is 1.73. The molecule has 2 rings (SSSR count). The number of anilines is 1. The van der Waals surface area contributed by atoms with E-state index in [1.165, 1.54) is 0 Å². The molecule has 0 bridgehead atoms. The zero-order chi connectivity index (χ0) is 10.7. The number of benzene rings is 1. The van der Waals surface area contributed by atoms with E-state index in [-0.39, 0.29) is 12.5 Å². The number of carbonyl (C=O) groups excluding carboxylic acids is 1. The monoisotopic (exact) mass is 225 g/mol. The molecule has 3 nitrogen and oxygen atoms in total. The van der Waals surface area contributed by atoms with Crippen molar-refractivity contribution in [2.24, 2.45) is 0 Å². The molecule has 0 radical (unpaired) electrons. The number of amides is 1. The number of ether oxygens (including phenoxy) is 1. The van der Waals surface area contributed by atoms with Crippen molar-refractivity contribution >= 4 is 23.2 Å². The smallest absolute Gasteiger partial charge is 0.253 e. The number of halogens is 1. The summed E-state index contributed by atoms with van der Waals surface area (Å²) in [7, 11) is 0. The molecule has 1 aromatic carbocycles. The first-order valence-electron chi connectivity index (χ1n) is 4.84. The number of rotatable bonds is 2. The summed E-state index contributed by atoms with van der Waals surface area (Å²) in [6.45, 7) is 1.40. The van der Waals surface area contributed by atoms with Crippen LogP contribution in [0, 0.1) is 0 Å². The zero-order valence-electron chi connectivity index (χ0n) is 8.28. The number of carbonyl (C=O) groups is 1. The predicted octanol–water partition coefficient (Wildman–Crippen LogP) is 1.79. The van der Waals surface area contributed by atoms with Crippen LogP contribution in [0.1, 0.15) is 5.56 Å². The summed E-state index contributed by atoms with van der Waals surface area (Å²) in [5, 5.41) is 0. The van der Waals surface area contributed by atoms with E-state index in [1.807, 2.05) is 24.3 Å². The maximum Gasteiger partial charge on any atom is 0.253 e. The second kappa shape index (κ2) is 4.64. The molecule has 1 amide bonds. The maximum absolute atomic E-state index is 11.5. The topological polar surface area (TPSA) is 29.5 Å². The Morgan fingerprint density at radius 3 is 2.67 bits per heavy atom. The van der Waals surface area contributed by atoms with Crippen LogP contribution in [0.25, 0.3) is 0 Å².